The van der Waals surface area contributed by atoms with Crippen LogP contribution in [0.4, 0.5) is 4.39 Å². The molecule has 0 aliphatic heterocycles. The average molecular weight is 441 g/mol. The van der Waals surface area contributed by atoms with Gasteiger partial charge in [-0.2, -0.15) is 0 Å². The van der Waals surface area contributed by atoms with Gasteiger partial charge in [-0.25, -0.2) is 4.39 Å². The molecule has 0 bridgehead atoms. The van der Waals surface area contributed by atoms with Crippen molar-refractivity contribution in [2.45, 2.75) is 36.8 Å². The first kappa shape index (κ1) is 22.6. The predicted octanol–water partition coefficient (Wildman–Crippen LogP) is 4.15. The van der Waals surface area contributed by atoms with Gasteiger partial charge in [0.1, 0.15) is 17.4 Å². The molecule has 1 amide bonds. The third-order valence-electron chi connectivity index (χ3n) is 4.61. The molecule has 0 saturated heterocycles. The molecule has 1 aromatic heterocycles. The second kappa shape index (κ2) is 11.3. The minimum Gasteiger partial charge on any atom is -0.496 e. The highest BCUT2D eigenvalue weighted by molar-refractivity contribution is 7.98. The second-order valence-electron chi connectivity index (χ2n) is 6.81. The molecule has 3 rings (SSSR count). The molecule has 0 atom stereocenters. The molecule has 6 nitrogen and oxygen atoms in total. The average Bonchev–Trinajstić information content (AvgIpc) is 3.17. The minimum atomic E-state index is -0.259. The number of benzene rings is 2. The zero-order chi connectivity index (χ0) is 22.1. The number of rotatable bonds is 11. The Kier molecular flexibility index (Phi) is 8.23. The van der Waals surface area contributed by atoms with Crippen LogP contribution in [0.5, 0.6) is 5.75 Å². The number of aromatic nitrogens is 3. The van der Waals surface area contributed by atoms with E-state index < -0.39 is 0 Å². The van der Waals surface area contributed by atoms with Crippen molar-refractivity contribution in [2.24, 2.45) is 0 Å². The molecule has 2 aromatic carbocycles. The number of carbonyl (C=O) groups is 1. The van der Waals surface area contributed by atoms with Crippen LogP contribution in [-0.4, -0.2) is 27.8 Å². The lowest BCUT2D eigenvalue weighted by atomic mass is 10.2. The van der Waals surface area contributed by atoms with Crippen molar-refractivity contribution in [1.29, 1.82) is 0 Å². The predicted molar refractivity (Wildman–Crippen MR) is 119 cm³/mol. The summed E-state index contributed by atoms with van der Waals surface area (Å²) in [6.45, 7) is 4.73. The van der Waals surface area contributed by atoms with Crippen LogP contribution in [0.3, 0.4) is 0 Å². The standard InChI is InChI=1S/C23H25FN4O2S/c1-3-13-28-21(26-27-23(28)31-16-17-7-6-9-19(24)14-17)11-12-22(29)25-15-18-8-4-5-10-20(18)30-2/h3-10,14H,1,11-13,15-16H2,2H3,(H,25,29). The van der Waals surface area contributed by atoms with E-state index in [-0.39, 0.29) is 11.7 Å². The van der Waals surface area contributed by atoms with Crippen LogP contribution in [0.1, 0.15) is 23.4 Å². The van der Waals surface area contributed by atoms with E-state index in [9.17, 15) is 9.18 Å². The Morgan fingerprint density at radius 3 is 2.87 bits per heavy atom. The molecule has 0 saturated carbocycles. The number of thioether (sulfide) groups is 1. The van der Waals surface area contributed by atoms with Crippen LogP contribution < -0.4 is 10.1 Å². The number of methoxy groups -OCH3 is 1. The normalized spacial score (nSPS) is 10.6. The third kappa shape index (κ3) is 6.42. The highest BCUT2D eigenvalue weighted by Gasteiger charge is 2.14. The Morgan fingerprint density at radius 2 is 2.10 bits per heavy atom. The fraction of sp³-hybridized carbons (Fsp3) is 0.261. The fourth-order valence-corrected chi connectivity index (χ4v) is 3.96. The van der Waals surface area contributed by atoms with Crippen LogP contribution in [0.15, 0.2) is 66.3 Å². The Balaban J connectivity index is 1.56. The van der Waals surface area contributed by atoms with Gasteiger partial charge >= 0.3 is 0 Å². The molecule has 0 aliphatic carbocycles. The van der Waals surface area contributed by atoms with Crippen LogP contribution >= 0.6 is 11.8 Å². The number of para-hydroxylation sites is 1. The maximum Gasteiger partial charge on any atom is 0.220 e. The van der Waals surface area contributed by atoms with Gasteiger partial charge in [0.25, 0.3) is 0 Å². The number of ether oxygens (including phenoxy) is 1. The van der Waals surface area contributed by atoms with Crippen molar-refractivity contribution < 1.29 is 13.9 Å². The summed E-state index contributed by atoms with van der Waals surface area (Å²) in [7, 11) is 1.61. The van der Waals surface area contributed by atoms with E-state index in [0.717, 1.165) is 16.9 Å². The highest BCUT2D eigenvalue weighted by Crippen LogP contribution is 2.23. The topological polar surface area (TPSA) is 69.0 Å². The van der Waals surface area contributed by atoms with Gasteiger partial charge in [-0.1, -0.05) is 48.2 Å². The lowest BCUT2D eigenvalue weighted by Gasteiger charge is -2.10. The number of allylic oxidation sites excluding steroid dienone is 1. The third-order valence-corrected chi connectivity index (χ3v) is 5.64. The van der Waals surface area contributed by atoms with Crippen LogP contribution in [0.2, 0.25) is 0 Å². The SMILES string of the molecule is C=CCn1c(CCC(=O)NCc2ccccc2OC)nnc1SCc1cccc(F)c1. The first-order valence-corrected chi connectivity index (χ1v) is 10.9. The van der Waals surface area contributed by atoms with Gasteiger partial charge < -0.3 is 14.6 Å². The highest BCUT2D eigenvalue weighted by atomic mass is 32.2. The summed E-state index contributed by atoms with van der Waals surface area (Å²) in [6.07, 6.45) is 2.51. The Labute approximate surface area is 185 Å². The molecule has 1 heterocycles. The molecule has 0 fully saturated rings. The molecular weight excluding hydrogens is 415 g/mol. The van der Waals surface area contributed by atoms with Gasteiger partial charge in [-0.15, -0.1) is 16.8 Å². The Morgan fingerprint density at radius 1 is 1.26 bits per heavy atom. The largest absolute Gasteiger partial charge is 0.496 e. The van der Waals surface area contributed by atoms with E-state index in [2.05, 4.69) is 22.1 Å². The van der Waals surface area contributed by atoms with Gasteiger partial charge in [-0.3, -0.25) is 4.79 Å². The lowest BCUT2D eigenvalue weighted by Crippen LogP contribution is -2.23. The van der Waals surface area contributed by atoms with Crippen molar-refractivity contribution in [3.8, 4) is 5.75 Å². The summed E-state index contributed by atoms with van der Waals surface area (Å²) >= 11 is 1.48. The number of nitrogens with zero attached hydrogens (tertiary/aromatic N) is 3. The molecule has 3 aromatic rings. The summed E-state index contributed by atoms with van der Waals surface area (Å²) in [5.74, 6) is 1.70. The maximum atomic E-state index is 13.4. The van der Waals surface area contributed by atoms with E-state index in [1.807, 2.05) is 34.9 Å². The lowest BCUT2D eigenvalue weighted by molar-refractivity contribution is -0.121. The quantitative estimate of drug-likeness (QED) is 0.358. The first-order valence-electron chi connectivity index (χ1n) is 9.89. The molecule has 0 radical (unpaired) electrons. The molecule has 31 heavy (non-hydrogen) atoms. The van der Waals surface area contributed by atoms with E-state index in [1.165, 1.54) is 23.9 Å². The number of nitrogens with one attached hydrogen (secondary N) is 1. The maximum absolute atomic E-state index is 13.4. The monoisotopic (exact) mass is 440 g/mol. The van der Waals surface area contributed by atoms with Gasteiger partial charge in [0.2, 0.25) is 5.91 Å². The number of hydrogen-bond donors (Lipinski definition) is 1. The van der Waals surface area contributed by atoms with E-state index in [1.54, 1.807) is 19.3 Å². The molecular formula is C23H25FN4O2S. The van der Waals surface area contributed by atoms with Gasteiger partial charge in [0.15, 0.2) is 5.16 Å². The van der Waals surface area contributed by atoms with E-state index in [0.29, 0.717) is 42.7 Å². The van der Waals surface area contributed by atoms with Crippen molar-refractivity contribution in [1.82, 2.24) is 20.1 Å². The Bertz CT molecular complexity index is 1040. The summed E-state index contributed by atoms with van der Waals surface area (Å²) in [5, 5.41) is 12.1. The minimum absolute atomic E-state index is 0.0759. The molecule has 8 heteroatoms. The number of amides is 1. The number of aryl methyl sites for hydroxylation is 1. The van der Waals surface area contributed by atoms with Gasteiger partial charge in [-0.05, 0) is 23.8 Å². The van der Waals surface area contributed by atoms with Gasteiger partial charge in [0.05, 0.1) is 7.11 Å². The van der Waals surface area contributed by atoms with Crippen LogP contribution in [-0.2, 0) is 30.1 Å². The van der Waals surface area contributed by atoms with Crippen LogP contribution in [0, 0.1) is 5.82 Å². The first-order chi connectivity index (χ1) is 15.1. The summed E-state index contributed by atoms with van der Waals surface area (Å²) in [6, 6.07) is 14.1. The van der Waals surface area contributed by atoms with Crippen molar-refractivity contribution in [3.05, 3.63) is 84.0 Å². The molecule has 1 N–H and O–H groups in total. The van der Waals surface area contributed by atoms with Gasteiger partial charge in [0, 0.05) is 37.2 Å². The molecule has 0 unspecified atom stereocenters. The summed E-state index contributed by atoms with van der Waals surface area (Å²) in [4.78, 5) is 12.3. The molecule has 162 valence electrons. The van der Waals surface area contributed by atoms with E-state index in [4.69, 9.17) is 4.74 Å². The summed E-state index contributed by atoms with van der Waals surface area (Å²) < 4.78 is 20.6. The van der Waals surface area contributed by atoms with Crippen molar-refractivity contribution in [2.75, 3.05) is 7.11 Å². The van der Waals surface area contributed by atoms with E-state index >= 15 is 0 Å². The Hall–Kier alpha value is -3.13. The van der Waals surface area contributed by atoms with Crippen LogP contribution in [0.25, 0.3) is 0 Å². The fourth-order valence-electron chi connectivity index (χ4n) is 3.05. The zero-order valence-corrected chi connectivity index (χ0v) is 18.2. The molecule has 0 aliphatic rings. The second-order valence-corrected chi connectivity index (χ2v) is 7.75. The number of carbonyl (C=O) groups excluding carboxylic acids is 1. The number of halogens is 1. The smallest absolute Gasteiger partial charge is 0.220 e. The summed E-state index contributed by atoms with van der Waals surface area (Å²) in [5.41, 5.74) is 1.79. The zero-order valence-electron chi connectivity index (χ0n) is 17.4. The number of hydrogen-bond acceptors (Lipinski definition) is 5. The van der Waals surface area contributed by atoms with Crippen molar-refractivity contribution in [3.63, 3.8) is 0 Å². The molecule has 0 spiro atoms. The van der Waals surface area contributed by atoms with Crippen molar-refractivity contribution >= 4 is 17.7 Å².